The fourth-order valence-electron chi connectivity index (χ4n) is 3.08. The molecular weight excluding hydrogens is 340 g/mol. The van der Waals surface area contributed by atoms with Gasteiger partial charge in [-0.3, -0.25) is 9.69 Å². The summed E-state index contributed by atoms with van der Waals surface area (Å²) >= 11 is 0. The Labute approximate surface area is 147 Å². The van der Waals surface area contributed by atoms with Crippen molar-refractivity contribution in [3.63, 3.8) is 0 Å². The quantitative estimate of drug-likeness (QED) is 0.766. The normalized spacial score (nSPS) is 16.8. The minimum absolute atomic E-state index is 0.0937. The van der Waals surface area contributed by atoms with Gasteiger partial charge in [0.25, 0.3) is 0 Å². The van der Waals surface area contributed by atoms with Crippen molar-refractivity contribution in [1.29, 1.82) is 0 Å². The number of rotatable bonds is 7. The van der Waals surface area contributed by atoms with Crippen LogP contribution in [0.4, 0.5) is 0 Å². The van der Waals surface area contributed by atoms with E-state index in [1.54, 1.807) is 6.26 Å². The first kappa shape index (κ1) is 17.8. The predicted molar refractivity (Wildman–Crippen MR) is 93.9 cm³/mol. The van der Waals surface area contributed by atoms with Crippen molar-refractivity contribution < 1.29 is 17.6 Å². The van der Waals surface area contributed by atoms with Gasteiger partial charge in [-0.1, -0.05) is 12.1 Å². The van der Waals surface area contributed by atoms with E-state index in [0.717, 1.165) is 31.7 Å². The maximum absolute atomic E-state index is 12.6. The maximum atomic E-state index is 12.6. The molecule has 1 aromatic heterocycles. The van der Waals surface area contributed by atoms with Crippen molar-refractivity contribution in [2.24, 2.45) is 0 Å². The summed E-state index contributed by atoms with van der Waals surface area (Å²) in [6.45, 7) is 3.55. The zero-order chi connectivity index (χ0) is 17.9. The third-order valence-corrected chi connectivity index (χ3v) is 5.93. The standard InChI is InChI=1S/C18H22N2O4S/c1-14(21)15-6-8-16(9-7-15)25(22,23)19-13-17(18-5-4-12-24-18)20-10-2-3-11-20/h4-9,12,17,19H,2-3,10-11,13H2,1H3/t17-/m0/s1. The Balaban J connectivity index is 1.73. The average Bonchev–Trinajstić information content (AvgIpc) is 3.29. The molecule has 2 aromatic rings. The number of hydrogen-bond acceptors (Lipinski definition) is 5. The lowest BCUT2D eigenvalue weighted by Crippen LogP contribution is -2.36. The van der Waals surface area contributed by atoms with Gasteiger partial charge in [-0.25, -0.2) is 13.1 Å². The number of furan rings is 1. The van der Waals surface area contributed by atoms with Crippen LogP contribution in [-0.4, -0.2) is 38.7 Å². The van der Waals surface area contributed by atoms with Gasteiger partial charge < -0.3 is 4.42 Å². The van der Waals surface area contributed by atoms with Gasteiger partial charge in [0.15, 0.2) is 5.78 Å². The molecule has 25 heavy (non-hydrogen) atoms. The zero-order valence-electron chi connectivity index (χ0n) is 14.1. The third-order valence-electron chi connectivity index (χ3n) is 4.49. The Morgan fingerprint density at radius 1 is 1.20 bits per heavy atom. The summed E-state index contributed by atoms with van der Waals surface area (Å²) in [6.07, 6.45) is 3.82. The van der Waals surface area contributed by atoms with E-state index in [2.05, 4.69) is 9.62 Å². The molecule has 0 aliphatic carbocycles. The van der Waals surface area contributed by atoms with Crippen LogP contribution in [0.1, 0.15) is 41.9 Å². The second-order valence-corrected chi connectivity index (χ2v) is 7.97. The molecule has 1 aliphatic rings. The van der Waals surface area contributed by atoms with Crippen LogP contribution in [0.25, 0.3) is 0 Å². The molecule has 3 rings (SSSR count). The van der Waals surface area contributed by atoms with Crippen LogP contribution in [0.15, 0.2) is 52.0 Å². The monoisotopic (exact) mass is 362 g/mol. The summed E-state index contributed by atoms with van der Waals surface area (Å²) in [5.41, 5.74) is 0.490. The smallest absolute Gasteiger partial charge is 0.240 e. The van der Waals surface area contributed by atoms with Crippen LogP contribution in [0.2, 0.25) is 0 Å². The topological polar surface area (TPSA) is 79.6 Å². The molecule has 0 saturated carbocycles. The summed E-state index contributed by atoms with van der Waals surface area (Å²) in [6, 6.07) is 9.53. The van der Waals surface area contributed by atoms with Gasteiger partial charge in [0.05, 0.1) is 17.2 Å². The molecular formula is C18H22N2O4S. The van der Waals surface area contributed by atoms with Gasteiger partial charge in [-0.2, -0.15) is 0 Å². The summed E-state index contributed by atoms with van der Waals surface area (Å²) in [4.78, 5) is 13.7. The molecule has 0 amide bonds. The highest BCUT2D eigenvalue weighted by molar-refractivity contribution is 7.89. The van der Waals surface area contributed by atoms with Crippen molar-refractivity contribution >= 4 is 15.8 Å². The van der Waals surface area contributed by atoms with Gasteiger partial charge in [-0.15, -0.1) is 0 Å². The SMILES string of the molecule is CC(=O)c1ccc(S(=O)(=O)NC[C@@H](c2ccco2)N2CCCC2)cc1. The Bertz CT molecular complexity index is 807. The van der Waals surface area contributed by atoms with E-state index in [0.29, 0.717) is 5.56 Å². The second-order valence-electron chi connectivity index (χ2n) is 6.21. The molecule has 0 unspecified atom stereocenters. The first-order chi connectivity index (χ1) is 12.0. The summed E-state index contributed by atoms with van der Waals surface area (Å²) in [7, 11) is -3.65. The molecule has 0 radical (unpaired) electrons. The number of hydrogen-bond donors (Lipinski definition) is 1. The van der Waals surface area contributed by atoms with Gasteiger partial charge in [-0.05, 0) is 57.1 Å². The molecule has 1 aliphatic heterocycles. The van der Waals surface area contributed by atoms with Gasteiger partial charge >= 0.3 is 0 Å². The number of nitrogens with zero attached hydrogens (tertiary/aromatic N) is 1. The van der Waals surface area contributed by atoms with E-state index in [-0.39, 0.29) is 23.3 Å². The molecule has 6 nitrogen and oxygen atoms in total. The van der Waals surface area contributed by atoms with Crippen molar-refractivity contribution in [3.8, 4) is 0 Å². The highest BCUT2D eigenvalue weighted by Crippen LogP contribution is 2.25. The second kappa shape index (κ2) is 7.51. The molecule has 2 heterocycles. The highest BCUT2D eigenvalue weighted by Gasteiger charge is 2.27. The van der Waals surface area contributed by atoms with Crippen molar-refractivity contribution in [1.82, 2.24) is 9.62 Å². The number of sulfonamides is 1. The Kier molecular flexibility index (Phi) is 5.36. The fourth-order valence-corrected chi connectivity index (χ4v) is 4.12. The van der Waals surface area contributed by atoms with E-state index in [1.807, 2.05) is 12.1 Å². The third kappa shape index (κ3) is 4.18. The lowest BCUT2D eigenvalue weighted by molar-refractivity contribution is 0.101. The summed E-state index contributed by atoms with van der Waals surface area (Å²) in [5, 5.41) is 0. The Hall–Kier alpha value is -1.96. The van der Waals surface area contributed by atoms with Crippen molar-refractivity contribution in [2.75, 3.05) is 19.6 Å². The van der Waals surface area contributed by atoms with Gasteiger partial charge in [0.1, 0.15) is 5.76 Å². The number of likely N-dealkylation sites (tertiary alicyclic amines) is 1. The lowest BCUT2D eigenvalue weighted by Gasteiger charge is -2.25. The molecule has 1 N–H and O–H groups in total. The zero-order valence-corrected chi connectivity index (χ0v) is 15.0. The molecule has 1 aromatic carbocycles. The number of benzene rings is 1. The molecule has 1 saturated heterocycles. The van der Waals surface area contributed by atoms with Crippen LogP contribution >= 0.6 is 0 Å². The number of nitrogens with one attached hydrogen (secondary N) is 1. The fraction of sp³-hybridized carbons (Fsp3) is 0.389. The van der Waals surface area contributed by atoms with E-state index < -0.39 is 10.0 Å². The Morgan fingerprint density at radius 2 is 1.88 bits per heavy atom. The lowest BCUT2D eigenvalue weighted by atomic mass is 10.2. The predicted octanol–water partition coefficient (Wildman–Crippen LogP) is 2.60. The summed E-state index contributed by atoms with van der Waals surface area (Å²) < 4.78 is 33.3. The van der Waals surface area contributed by atoms with E-state index in [1.165, 1.54) is 31.2 Å². The van der Waals surface area contributed by atoms with Crippen LogP contribution in [0.5, 0.6) is 0 Å². The molecule has 1 fully saturated rings. The maximum Gasteiger partial charge on any atom is 0.240 e. The number of carbonyl (C=O) groups is 1. The van der Waals surface area contributed by atoms with Crippen molar-refractivity contribution in [3.05, 3.63) is 54.0 Å². The van der Waals surface area contributed by atoms with Crippen LogP contribution in [-0.2, 0) is 10.0 Å². The first-order valence-corrected chi connectivity index (χ1v) is 9.84. The number of ketones is 1. The average molecular weight is 362 g/mol. The molecule has 7 heteroatoms. The van der Waals surface area contributed by atoms with Gasteiger partial charge in [0.2, 0.25) is 10.0 Å². The van der Waals surface area contributed by atoms with Gasteiger partial charge in [0, 0.05) is 12.1 Å². The van der Waals surface area contributed by atoms with Crippen LogP contribution in [0, 0.1) is 0 Å². The minimum Gasteiger partial charge on any atom is -0.468 e. The Morgan fingerprint density at radius 3 is 2.44 bits per heavy atom. The number of carbonyl (C=O) groups excluding carboxylic acids is 1. The van der Waals surface area contributed by atoms with Crippen molar-refractivity contribution in [2.45, 2.75) is 30.7 Å². The summed E-state index contributed by atoms with van der Waals surface area (Å²) in [5.74, 6) is 0.667. The first-order valence-electron chi connectivity index (χ1n) is 8.35. The molecule has 134 valence electrons. The highest BCUT2D eigenvalue weighted by atomic mass is 32.2. The molecule has 0 spiro atoms. The largest absolute Gasteiger partial charge is 0.468 e. The van der Waals surface area contributed by atoms with Crippen LogP contribution < -0.4 is 4.72 Å². The van der Waals surface area contributed by atoms with E-state index in [4.69, 9.17) is 4.42 Å². The van der Waals surface area contributed by atoms with Crippen LogP contribution in [0.3, 0.4) is 0 Å². The van der Waals surface area contributed by atoms with E-state index in [9.17, 15) is 13.2 Å². The minimum atomic E-state index is -3.65. The van der Waals surface area contributed by atoms with E-state index >= 15 is 0 Å². The molecule has 1 atom stereocenters. The number of Topliss-reactive ketones (excluding diaryl/α,β-unsaturated/α-hetero) is 1. The molecule has 0 bridgehead atoms.